The van der Waals surface area contributed by atoms with Gasteiger partial charge in [-0.1, -0.05) is 0 Å². The summed E-state index contributed by atoms with van der Waals surface area (Å²) < 4.78 is 5.18. The van der Waals surface area contributed by atoms with Gasteiger partial charge in [-0.25, -0.2) is 0 Å². The first-order chi connectivity index (χ1) is 5.66. The summed E-state index contributed by atoms with van der Waals surface area (Å²) in [7, 11) is 2.00. The van der Waals surface area contributed by atoms with Crippen molar-refractivity contribution in [1.82, 2.24) is 4.90 Å². The maximum atomic E-state index is 10.6. The smallest absolute Gasteiger partial charge is 0.131 e. The largest absolute Gasteiger partial charge is 0.380 e. The predicted octanol–water partition coefficient (Wildman–Crippen LogP) is 0.934. The number of Topliss-reactive ketones (excluding diaryl/α,β-unsaturated/α-hetero) is 1. The molecule has 0 rings (SSSR count). The van der Waals surface area contributed by atoms with Crippen molar-refractivity contribution in [3.05, 3.63) is 0 Å². The lowest BCUT2D eigenvalue weighted by Gasteiger charge is -2.14. The van der Waals surface area contributed by atoms with Crippen LogP contribution in [0.15, 0.2) is 0 Å². The Morgan fingerprint density at radius 1 is 1.42 bits per heavy atom. The van der Waals surface area contributed by atoms with Crippen LogP contribution in [0.25, 0.3) is 0 Å². The van der Waals surface area contributed by atoms with E-state index in [1.807, 2.05) is 14.0 Å². The highest BCUT2D eigenvalue weighted by molar-refractivity contribution is 5.75. The molecule has 3 heteroatoms. The number of ketones is 1. The van der Waals surface area contributed by atoms with Crippen molar-refractivity contribution >= 4 is 5.78 Å². The van der Waals surface area contributed by atoms with Crippen molar-refractivity contribution in [1.29, 1.82) is 0 Å². The van der Waals surface area contributed by atoms with Crippen LogP contribution in [0.5, 0.6) is 0 Å². The Hall–Kier alpha value is -0.410. The second-order valence-electron chi connectivity index (χ2n) is 2.95. The molecule has 0 unspecified atom stereocenters. The minimum Gasteiger partial charge on any atom is -0.380 e. The highest BCUT2D eigenvalue weighted by atomic mass is 16.5. The fourth-order valence-electron chi connectivity index (χ4n) is 0.825. The summed E-state index contributed by atoms with van der Waals surface area (Å²) in [5, 5.41) is 0. The van der Waals surface area contributed by atoms with E-state index in [1.165, 1.54) is 0 Å². The van der Waals surface area contributed by atoms with Crippen molar-refractivity contribution in [2.24, 2.45) is 0 Å². The third-order valence-electron chi connectivity index (χ3n) is 1.67. The molecular formula is C9H19NO2. The van der Waals surface area contributed by atoms with Crippen LogP contribution in [0, 0.1) is 0 Å². The highest BCUT2D eigenvalue weighted by Crippen LogP contribution is 1.88. The maximum Gasteiger partial charge on any atom is 0.131 e. The topological polar surface area (TPSA) is 29.5 Å². The second-order valence-corrected chi connectivity index (χ2v) is 2.95. The summed E-state index contributed by atoms with van der Waals surface area (Å²) in [6.45, 7) is 6.86. The van der Waals surface area contributed by atoms with Gasteiger partial charge < -0.3 is 9.64 Å². The zero-order chi connectivity index (χ0) is 9.40. The number of hydrogen-bond acceptors (Lipinski definition) is 3. The van der Waals surface area contributed by atoms with Crippen molar-refractivity contribution in [2.75, 3.05) is 33.4 Å². The molecule has 3 nitrogen and oxygen atoms in total. The number of carbonyl (C=O) groups is 1. The van der Waals surface area contributed by atoms with Gasteiger partial charge in [0.2, 0.25) is 0 Å². The van der Waals surface area contributed by atoms with Crippen LogP contribution in [-0.4, -0.2) is 44.0 Å². The van der Waals surface area contributed by atoms with Gasteiger partial charge in [0.25, 0.3) is 0 Å². The molecule has 12 heavy (non-hydrogen) atoms. The monoisotopic (exact) mass is 173 g/mol. The quantitative estimate of drug-likeness (QED) is 0.536. The molecule has 0 aromatic heterocycles. The summed E-state index contributed by atoms with van der Waals surface area (Å²) in [5.74, 6) is 0.248. The molecule has 0 aromatic rings. The third-order valence-corrected chi connectivity index (χ3v) is 1.67. The Bertz CT molecular complexity index is 126. The lowest BCUT2D eigenvalue weighted by Crippen LogP contribution is -2.25. The van der Waals surface area contributed by atoms with Gasteiger partial charge in [-0.05, 0) is 20.9 Å². The Morgan fingerprint density at radius 2 is 2.08 bits per heavy atom. The zero-order valence-corrected chi connectivity index (χ0v) is 8.30. The van der Waals surface area contributed by atoms with Crippen molar-refractivity contribution < 1.29 is 9.53 Å². The van der Waals surface area contributed by atoms with E-state index in [0.717, 1.165) is 26.3 Å². The minimum atomic E-state index is 0.248. The van der Waals surface area contributed by atoms with Gasteiger partial charge in [0.15, 0.2) is 0 Å². The SMILES string of the molecule is CCOCCN(C)CCC(C)=O. The van der Waals surface area contributed by atoms with Gasteiger partial charge in [0.1, 0.15) is 5.78 Å². The third kappa shape index (κ3) is 7.69. The normalized spacial score (nSPS) is 10.7. The molecule has 0 fully saturated rings. The van der Waals surface area contributed by atoms with Crippen molar-refractivity contribution in [3.63, 3.8) is 0 Å². The van der Waals surface area contributed by atoms with Crippen LogP contribution in [0.1, 0.15) is 20.3 Å². The van der Waals surface area contributed by atoms with E-state index in [-0.39, 0.29) is 5.78 Å². The van der Waals surface area contributed by atoms with Crippen LogP contribution in [0.2, 0.25) is 0 Å². The molecule has 0 aromatic carbocycles. The van der Waals surface area contributed by atoms with E-state index in [9.17, 15) is 4.79 Å². The first kappa shape index (κ1) is 11.6. The van der Waals surface area contributed by atoms with Crippen LogP contribution in [0.4, 0.5) is 0 Å². The average Bonchev–Trinajstić information content (AvgIpc) is 2.01. The number of ether oxygens (including phenoxy) is 1. The van der Waals surface area contributed by atoms with Crippen LogP contribution >= 0.6 is 0 Å². The van der Waals surface area contributed by atoms with Gasteiger partial charge >= 0.3 is 0 Å². The summed E-state index contributed by atoms with van der Waals surface area (Å²) in [6, 6.07) is 0. The lowest BCUT2D eigenvalue weighted by atomic mass is 10.3. The van der Waals surface area contributed by atoms with Crippen molar-refractivity contribution in [3.8, 4) is 0 Å². The van der Waals surface area contributed by atoms with Gasteiger partial charge in [-0.15, -0.1) is 0 Å². The number of rotatable bonds is 7. The Labute approximate surface area is 74.7 Å². The number of carbonyl (C=O) groups excluding carboxylic acids is 1. The van der Waals surface area contributed by atoms with Crippen LogP contribution < -0.4 is 0 Å². The first-order valence-corrected chi connectivity index (χ1v) is 4.42. The molecule has 0 atom stereocenters. The first-order valence-electron chi connectivity index (χ1n) is 4.42. The summed E-state index contributed by atoms with van der Waals surface area (Å²) in [6.07, 6.45) is 0.641. The van der Waals surface area contributed by atoms with E-state index in [1.54, 1.807) is 6.92 Å². The Balaban J connectivity index is 3.21. The maximum absolute atomic E-state index is 10.6. The molecule has 72 valence electrons. The fraction of sp³-hybridized carbons (Fsp3) is 0.889. The van der Waals surface area contributed by atoms with Crippen molar-refractivity contribution in [2.45, 2.75) is 20.3 Å². The van der Waals surface area contributed by atoms with Gasteiger partial charge in [0, 0.05) is 26.1 Å². The molecule has 0 heterocycles. The zero-order valence-electron chi connectivity index (χ0n) is 8.30. The van der Waals surface area contributed by atoms with E-state index in [0.29, 0.717) is 6.42 Å². The molecule has 0 N–H and O–H groups in total. The Kier molecular flexibility index (Phi) is 7.00. The average molecular weight is 173 g/mol. The molecule has 0 aliphatic rings. The standard InChI is InChI=1S/C9H19NO2/c1-4-12-8-7-10(3)6-5-9(2)11/h4-8H2,1-3H3. The number of nitrogens with zero attached hydrogens (tertiary/aromatic N) is 1. The van der Waals surface area contributed by atoms with Crippen LogP contribution in [0.3, 0.4) is 0 Å². The molecule has 0 radical (unpaired) electrons. The van der Waals surface area contributed by atoms with E-state index in [2.05, 4.69) is 4.90 Å². The summed E-state index contributed by atoms with van der Waals surface area (Å²) >= 11 is 0. The molecule has 0 saturated heterocycles. The van der Waals surface area contributed by atoms with E-state index in [4.69, 9.17) is 4.74 Å². The predicted molar refractivity (Wildman–Crippen MR) is 49.3 cm³/mol. The summed E-state index contributed by atoms with van der Waals surface area (Å²) in [4.78, 5) is 12.7. The minimum absolute atomic E-state index is 0.248. The van der Waals surface area contributed by atoms with E-state index < -0.39 is 0 Å². The van der Waals surface area contributed by atoms with E-state index >= 15 is 0 Å². The molecular weight excluding hydrogens is 154 g/mol. The van der Waals surface area contributed by atoms with Gasteiger partial charge in [-0.3, -0.25) is 4.79 Å². The molecule has 0 amide bonds. The second kappa shape index (κ2) is 7.25. The molecule has 0 spiro atoms. The highest BCUT2D eigenvalue weighted by Gasteiger charge is 1.99. The number of hydrogen-bond donors (Lipinski definition) is 0. The van der Waals surface area contributed by atoms with Gasteiger partial charge in [-0.2, -0.15) is 0 Å². The van der Waals surface area contributed by atoms with Gasteiger partial charge in [0.05, 0.1) is 6.61 Å². The lowest BCUT2D eigenvalue weighted by molar-refractivity contribution is -0.117. The fourth-order valence-corrected chi connectivity index (χ4v) is 0.825. The Morgan fingerprint density at radius 3 is 2.58 bits per heavy atom. The summed E-state index contributed by atoms with van der Waals surface area (Å²) in [5.41, 5.74) is 0. The van der Waals surface area contributed by atoms with Crippen LogP contribution in [-0.2, 0) is 9.53 Å². The molecule has 0 saturated carbocycles. The molecule has 0 aliphatic carbocycles. The number of likely N-dealkylation sites (N-methyl/N-ethyl adjacent to an activating group) is 1. The molecule has 0 aliphatic heterocycles. The molecule has 0 bridgehead atoms.